The molecule has 0 saturated heterocycles. The lowest BCUT2D eigenvalue weighted by molar-refractivity contribution is -0.117. The lowest BCUT2D eigenvalue weighted by Gasteiger charge is -2.03. The third-order valence-electron chi connectivity index (χ3n) is 3.14. The summed E-state index contributed by atoms with van der Waals surface area (Å²) >= 11 is 0. The van der Waals surface area contributed by atoms with Crippen LogP contribution in [0.2, 0.25) is 0 Å². The number of rotatable bonds is 5. The monoisotopic (exact) mass is 304 g/mol. The molecule has 0 radical (unpaired) electrons. The Labute approximate surface area is 135 Å². The molecule has 0 spiro atoms. The molecule has 0 aliphatic rings. The van der Waals surface area contributed by atoms with Gasteiger partial charge in [0.05, 0.1) is 0 Å². The van der Waals surface area contributed by atoms with Crippen molar-refractivity contribution in [3.8, 4) is 11.8 Å². The van der Waals surface area contributed by atoms with Crippen LogP contribution < -0.4 is 5.32 Å². The molecule has 0 aliphatic carbocycles. The molecular weight excluding hydrogens is 288 g/mol. The molecule has 0 aromatic heterocycles. The first kappa shape index (κ1) is 16.1. The average molecular weight is 304 g/mol. The van der Waals surface area contributed by atoms with Crippen molar-refractivity contribution >= 4 is 12.0 Å². The van der Waals surface area contributed by atoms with Gasteiger partial charge in [0.1, 0.15) is 17.4 Å². The van der Waals surface area contributed by atoms with Gasteiger partial charge in [0.2, 0.25) is 0 Å². The smallest absolute Gasteiger partial charge is 0.262 e. The summed E-state index contributed by atoms with van der Waals surface area (Å²) < 4.78 is 0. The van der Waals surface area contributed by atoms with Gasteiger partial charge in [-0.05, 0) is 17.7 Å². The van der Waals surface area contributed by atoms with Crippen molar-refractivity contribution in [3.63, 3.8) is 0 Å². The number of carbonyl (C=O) groups is 1. The molecule has 23 heavy (non-hydrogen) atoms. The average Bonchev–Trinajstić information content (AvgIpc) is 2.59. The molecule has 1 amide bonds. The van der Waals surface area contributed by atoms with Crippen LogP contribution in [0.4, 0.5) is 0 Å². The lowest BCUT2D eigenvalue weighted by Crippen LogP contribution is -2.23. The molecule has 4 nitrogen and oxygen atoms in total. The molecule has 0 saturated carbocycles. The SMILES string of the molecule is N#C/C(=C\C=C\c1ccccc1O)C(=O)NCc1ccccc1. The minimum Gasteiger partial charge on any atom is -0.507 e. The largest absolute Gasteiger partial charge is 0.507 e. The molecule has 0 bridgehead atoms. The van der Waals surface area contributed by atoms with Crippen molar-refractivity contribution in [1.82, 2.24) is 5.32 Å². The predicted molar refractivity (Wildman–Crippen MR) is 89.1 cm³/mol. The molecule has 2 N–H and O–H groups in total. The third kappa shape index (κ3) is 4.87. The van der Waals surface area contributed by atoms with Crippen molar-refractivity contribution < 1.29 is 9.90 Å². The summed E-state index contributed by atoms with van der Waals surface area (Å²) in [7, 11) is 0. The van der Waals surface area contributed by atoms with Gasteiger partial charge in [0, 0.05) is 12.1 Å². The van der Waals surface area contributed by atoms with Gasteiger partial charge in [-0.25, -0.2) is 0 Å². The molecule has 0 fully saturated rings. The van der Waals surface area contributed by atoms with E-state index < -0.39 is 5.91 Å². The maximum absolute atomic E-state index is 12.0. The third-order valence-corrected chi connectivity index (χ3v) is 3.14. The van der Waals surface area contributed by atoms with Crippen molar-refractivity contribution in [2.45, 2.75) is 6.54 Å². The van der Waals surface area contributed by atoms with Gasteiger partial charge in [0.25, 0.3) is 5.91 Å². The second kappa shape index (κ2) is 8.20. The van der Waals surface area contributed by atoms with Gasteiger partial charge in [-0.15, -0.1) is 0 Å². The molecule has 2 rings (SSSR count). The summed E-state index contributed by atoms with van der Waals surface area (Å²) in [5.74, 6) is -0.289. The van der Waals surface area contributed by atoms with Gasteiger partial charge in [0.15, 0.2) is 0 Å². The first-order valence-corrected chi connectivity index (χ1v) is 7.09. The van der Waals surface area contributed by atoms with Gasteiger partial charge in [-0.1, -0.05) is 60.7 Å². The van der Waals surface area contributed by atoms with Crippen LogP contribution in [0.1, 0.15) is 11.1 Å². The zero-order chi connectivity index (χ0) is 16.5. The summed E-state index contributed by atoms with van der Waals surface area (Å²) in [5.41, 5.74) is 1.58. The minimum absolute atomic E-state index is 0.00704. The van der Waals surface area contributed by atoms with Gasteiger partial charge in [-0.2, -0.15) is 5.26 Å². The van der Waals surface area contributed by atoms with Crippen LogP contribution >= 0.6 is 0 Å². The van der Waals surface area contributed by atoms with Crippen LogP contribution in [0.15, 0.2) is 72.3 Å². The maximum Gasteiger partial charge on any atom is 0.262 e. The first-order valence-electron chi connectivity index (χ1n) is 7.09. The molecule has 2 aromatic carbocycles. The summed E-state index contributed by atoms with van der Waals surface area (Å²) in [4.78, 5) is 12.0. The molecule has 2 aromatic rings. The molecule has 0 atom stereocenters. The minimum atomic E-state index is -0.432. The Morgan fingerprint density at radius 2 is 1.83 bits per heavy atom. The van der Waals surface area contributed by atoms with Crippen LogP contribution in [0.3, 0.4) is 0 Å². The predicted octanol–water partition coefficient (Wildman–Crippen LogP) is 3.17. The Bertz CT molecular complexity index is 771. The van der Waals surface area contributed by atoms with Crippen LogP contribution in [-0.2, 0) is 11.3 Å². The van der Waals surface area contributed by atoms with E-state index in [0.717, 1.165) is 5.56 Å². The van der Waals surface area contributed by atoms with Crippen LogP contribution in [0.5, 0.6) is 5.75 Å². The van der Waals surface area contributed by atoms with E-state index in [4.69, 9.17) is 5.26 Å². The highest BCUT2D eigenvalue weighted by Crippen LogP contribution is 2.17. The van der Waals surface area contributed by atoms with Crippen LogP contribution in [-0.4, -0.2) is 11.0 Å². The molecule has 114 valence electrons. The molecule has 0 aliphatic heterocycles. The van der Waals surface area contributed by atoms with Crippen molar-refractivity contribution in [2.75, 3.05) is 0 Å². The van der Waals surface area contributed by atoms with E-state index in [-0.39, 0.29) is 11.3 Å². The number of hydrogen-bond donors (Lipinski definition) is 2. The van der Waals surface area contributed by atoms with Crippen LogP contribution in [0.25, 0.3) is 6.08 Å². The number of phenols is 1. The number of nitrogens with zero attached hydrogens (tertiary/aromatic N) is 1. The summed E-state index contributed by atoms with van der Waals surface area (Å²) in [5, 5.41) is 21.4. The summed E-state index contributed by atoms with van der Waals surface area (Å²) in [6.07, 6.45) is 4.62. The Morgan fingerprint density at radius 1 is 1.13 bits per heavy atom. The number of allylic oxidation sites excluding steroid dienone is 2. The first-order chi connectivity index (χ1) is 11.2. The lowest BCUT2D eigenvalue weighted by atomic mass is 10.1. The number of benzene rings is 2. The Kier molecular flexibility index (Phi) is 5.73. The number of amides is 1. The normalized spacial score (nSPS) is 11.2. The number of nitrogens with one attached hydrogen (secondary N) is 1. The standard InChI is InChI=1S/C19H16N2O2/c20-13-17(11-6-10-16-9-4-5-12-18(16)22)19(23)21-14-15-7-2-1-3-8-15/h1-12,22H,14H2,(H,21,23)/b10-6+,17-11+. The van der Waals surface area contributed by atoms with E-state index in [1.165, 1.54) is 6.08 Å². The van der Waals surface area contributed by atoms with E-state index in [2.05, 4.69) is 5.32 Å². The van der Waals surface area contributed by atoms with E-state index in [9.17, 15) is 9.90 Å². The molecule has 0 unspecified atom stereocenters. The van der Waals surface area contributed by atoms with Gasteiger partial charge < -0.3 is 10.4 Å². The molecule has 0 heterocycles. The molecular formula is C19H16N2O2. The summed E-state index contributed by atoms with van der Waals surface area (Å²) in [6.45, 7) is 0.363. The zero-order valence-corrected chi connectivity index (χ0v) is 12.4. The maximum atomic E-state index is 12.0. The van der Waals surface area contributed by atoms with Gasteiger partial charge >= 0.3 is 0 Å². The fraction of sp³-hybridized carbons (Fsp3) is 0.0526. The zero-order valence-electron chi connectivity index (χ0n) is 12.4. The highest BCUT2D eigenvalue weighted by Gasteiger charge is 2.07. The highest BCUT2D eigenvalue weighted by molar-refractivity contribution is 5.97. The number of carbonyl (C=O) groups excluding carboxylic acids is 1. The van der Waals surface area contributed by atoms with E-state index in [0.29, 0.717) is 12.1 Å². The second-order valence-corrected chi connectivity index (χ2v) is 4.78. The second-order valence-electron chi connectivity index (χ2n) is 4.78. The number of nitriles is 1. The number of para-hydroxylation sites is 1. The van der Waals surface area contributed by atoms with Crippen molar-refractivity contribution in [3.05, 3.63) is 83.4 Å². The van der Waals surface area contributed by atoms with Crippen LogP contribution in [0, 0.1) is 11.3 Å². The number of hydrogen-bond acceptors (Lipinski definition) is 3. The Morgan fingerprint density at radius 3 is 2.52 bits per heavy atom. The van der Waals surface area contributed by atoms with Gasteiger partial charge in [-0.3, -0.25) is 4.79 Å². The molecule has 4 heteroatoms. The Hall–Kier alpha value is -3.32. The number of phenolic OH excluding ortho intramolecular Hbond substituents is 1. The highest BCUT2D eigenvalue weighted by atomic mass is 16.3. The topological polar surface area (TPSA) is 73.1 Å². The van der Waals surface area contributed by atoms with Crippen molar-refractivity contribution in [2.24, 2.45) is 0 Å². The van der Waals surface area contributed by atoms with E-state index in [1.54, 1.807) is 36.4 Å². The Balaban J connectivity index is 2.00. The quantitative estimate of drug-likeness (QED) is 0.506. The van der Waals surface area contributed by atoms with E-state index >= 15 is 0 Å². The van der Waals surface area contributed by atoms with Crippen molar-refractivity contribution in [1.29, 1.82) is 5.26 Å². The van der Waals surface area contributed by atoms with E-state index in [1.807, 2.05) is 36.4 Å². The fourth-order valence-electron chi connectivity index (χ4n) is 1.91. The number of aromatic hydroxyl groups is 1. The fourth-order valence-corrected chi connectivity index (χ4v) is 1.91. The summed E-state index contributed by atoms with van der Waals surface area (Å²) in [6, 6.07) is 18.2.